The molecule has 7 heteroatoms. The highest BCUT2D eigenvalue weighted by molar-refractivity contribution is 7.02. The first-order chi connectivity index (χ1) is 75.9. The third-order valence-electron chi connectivity index (χ3n) is 29.3. The van der Waals surface area contributed by atoms with Crippen molar-refractivity contribution in [2.24, 2.45) is 0 Å². The van der Waals surface area contributed by atoms with E-state index in [-0.39, 0.29) is 44.2 Å². The summed E-state index contributed by atoms with van der Waals surface area (Å²) in [5, 5.41) is -0.201. The summed E-state index contributed by atoms with van der Waals surface area (Å²) in [6.45, 7) is 18.4. The van der Waals surface area contributed by atoms with Crippen molar-refractivity contribution < 1.29 is 29.4 Å². The van der Waals surface area contributed by atoms with Crippen molar-refractivity contribution in [3.05, 3.63) is 493 Å². The summed E-state index contributed by atoms with van der Waals surface area (Å²) < 4.78 is 189. The van der Waals surface area contributed by atoms with Gasteiger partial charge in [0, 0.05) is 84.3 Å². The molecule has 0 radical (unpaired) electrons. The third-order valence-corrected chi connectivity index (χ3v) is 29.3. The Morgan fingerprint density at radius 3 is 1.03 bits per heavy atom. The van der Waals surface area contributed by atoms with E-state index in [2.05, 4.69) is 314 Å². The highest BCUT2D eigenvalue weighted by Gasteiger charge is 2.52. The van der Waals surface area contributed by atoms with E-state index in [1.165, 1.54) is 0 Å². The Balaban J connectivity index is 0.854. The average Bonchev–Trinajstić information content (AvgIpc) is 1.43. The second kappa shape index (κ2) is 32.3. The number of anilines is 9. The second-order valence-corrected chi connectivity index (χ2v) is 40.4. The molecule has 5 nitrogen and oxygen atoms in total. The van der Waals surface area contributed by atoms with Gasteiger partial charge in [-0.05, 0) is 228 Å². The molecule has 26 rings (SSSR count). The van der Waals surface area contributed by atoms with E-state index in [9.17, 15) is 24.7 Å². The van der Waals surface area contributed by atoms with Gasteiger partial charge in [-0.25, -0.2) is 0 Å². The maximum atomic E-state index is 10.5. The molecular weight excluding hydrogens is 1690 g/mol. The van der Waals surface area contributed by atoms with E-state index in [0.29, 0.717) is 67.8 Å². The standard InChI is InChI=1S/C133H102B2N4O/c1-130(2,3)94-75-103(85-45-18-10-19-46-85)127(104(76-94)86-47-20-11-21-48-86)137-117-72-43-39-68-111(117)135-113-83-112-118(84-122(113)140-123-74-91(73-119(137)126(123)135)98-64-44-65-102-99-61-34-37-66-109(99)133(124(98)102,92-57-30-16-31-58-92)93-59-32-17-33-60-93)139(129-107(89-53-26-14-27-54-89)79-96(132(7,8)9)80-108(129)90-55-28-15-29-56-90)121-82-97(136-114-69-40-35-62-100(114)101-63-36-41-70-115(101)136)81-120-125(121)134(112)110-67-38-42-71-116(110)138(120)128-105(87-49-22-12-23-50-87)77-95(131(4,5)6)78-106(128)88-51-24-13-25-52-88/h10-84H,1-9H3/i16D,17D,30D,31D,32D,33D,35D,36D,40D,41D,57D,58D,59D,60D,62D,63D,69D,70D. The molecule has 0 spiro atoms. The lowest BCUT2D eigenvalue weighted by Crippen LogP contribution is -2.64. The molecule has 5 aliphatic rings. The monoisotopic (exact) mass is 1810 g/mol. The molecule has 0 bridgehead atoms. The summed E-state index contributed by atoms with van der Waals surface area (Å²) in [5.41, 5.74) is 23.0. The lowest BCUT2D eigenvalue weighted by atomic mass is 9.30. The van der Waals surface area contributed by atoms with Crippen LogP contribution in [-0.2, 0) is 21.7 Å². The van der Waals surface area contributed by atoms with Gasteiger partial charge in [-0.1, -0.05) is 426 Å². The average molecular weight is 1810 g/mol. The number of rotatable bonds is 13. The van der Waals surface area contributed by atoms with Gasteiger partial charge in [-0.15, -0.1) is 0 Å². The van der Waals surface area contributed by atoms with Crippen molar-refractivity contribution in [1.82, 2.24) is 4.57 Å². The number of hydrogen-bond donors (Lipinski definition) is 0. The maximum Gasteiger partial charge on any atom is 0.256 e. The number of nitrogens with zero attached hydrogens (tertiary/aromatic N) is 4. The quantitative estimate of drug-likeness (QED) is 0.107. The Morgan fingerprint density at radius 2 is 0.607 bits per heavy atom. The van der Waals surface area contributed by atoms with E-state index in [0.717, 1.165) is 139 Å². The van der Waals surface area contributed by atoms with Crippen LogP contribution in [0, 0.1) is 0 Å². The number of fused-ring (bicyclic) bond motifs is 14. The van der Waals surface area contributed by atoms with Crippen molar-refractivity contribution in [3.8, 4) is 106 Å². The molecule has 0 saturated carbocycles. The van der Waals surface area contributed by atoms with Crippen molar-refractivity contribution in [2.45, 2.75) is 84.0 Å². The van der Waals surface area contributed by atoms with E-state index >= 15 is 0 Å². The fraction of sp³-hybridized carbons (Fsp3) is 0.0977. The molecule has 0 fully saturated rings. The molecule has 0 atom stereocenters. The van der Waals surface area contributed by atoms with Crippen LogP contribution in [0.2, 0.25) is 0 Å². The van der Waals surface area contributed by atoms with Crippen LogP contribution in [0.3, 0.4) is 0 Å². The Kier molecular flexibility index (Phi) is 15.5. The summed E-state index contributed by atoms with van der Waals surface area (Å²) in [4.78, 5) is 7.10. The largest absolute Gasteiger partial charge is 0.458 e. The minimum Gasteiger partial charge on any atom is -0.458 e. The number of aromatic nitrogens is 1. The lowest BCUT2D eigenvalue weighted by Gasteiger charge is -2.47. The van der Waals surface area contributed by atoms with Crippen molar-refractivity contribution in [3.63, 3.8) is 0 Å². The predicted octanol–water partition coefficient (Wildman–Crippen LogP) is 31.2. The van der Waals surface area contributed by atoms with Gasteiger partial charge in [0.15, 0.2) is 0 Å². The van der Waals surface area contributed by atoms with Gasteiger partial charge in [-0.3, -0.25) is 0 Å². The van der Waals surface area contributed by atoms with Crippen LogP contribution in [0.5, 0.6) is 11.5 Å². The zero-order chi connectivity index (χ0) is 110. The summed E-state index contributed by atoms with van der Waals surface area (Å²) in [6, 6.07) is 108. The lowest BCUT2D eigenvalue weighted by molar-refractivity contribution is 0.488. The second-order valence-electron chi connectivity index (χ2n) is 40.4. The van der Waals surface area contributed by atoms with Crippen LogP contribution in [0.25, 0.3) is 117 Å². The Labute approximate surface area is 846 Å². The SMILES string of the molecule is [2H]c1c([2H])c([2H])c(C2(c3c([2H])c([2H])c([2H])c([2H])c3[2H])c3ccccc3-c3cccc(-c4cc5c6c(c4)N(c4c(-c7ccccc7)cc(C(C)(C)C)cc4-c4ccccc4)c4ccccc4B6c4cc6c(cc4O5)N(c4c(-c5ccccc5)cc(C(C)(C)C)cc4-c4ccccc4)c4cc(-n5c7c([2H])c([2H])c([2H])c([2H])c7c7c([2H])c([2H])c([2H])c([2H])c75)cc5c4B6c4ccccc4N5c4c(-c5ccccc5)cc(C(C)(C)C)cc4-c4ccccc4)c32)c([2H])c1[2H]. The minimum atomic E-state index is -2.32. The number of ether oxygens (including phenoxy) is 1. The fourth-order valence-electron chi connectivity index (χ4n) is 22.9. The molecule has 0 amide bonds. The van der Waals surface area contributed by atoms with Crippen LogP contribution in [0.1, 0.15) is 126 Å². The Bertz CT molecular complexity index is 9400. The normalized spacial score (nSPS) is 15.3. The van der Waals surface area contributed by atoms with Crippen LogP contribution in [0.4, 0.5) is 51.2 Å². The van der Waals surface area contributed by atoms with Crippen LogP contribution < -0.4 is 52.2 Å². The van der Waals surface area contributed by atoms with Gasteiger partial charge in [0.1, 0.15) is 11.5 Å². The van der Waals surface area contributed by atoms with Gasteiger partial charge in [-0.2, -0.15) is 0 Å². The van der Waals surface area contributed by atoms with E-state index in [1.807, 2.05) is 97.1 Å². The van der Waals surface area contributed by atoms with E-state index in [1.54, 1.807) is 16.7 Å². The molecule has 140 heavy (non-hydrogen) atoms. The first kappa shape index (κ1) is 66.9. The van der Waals surface area contributed by atoms with Gasteiger partial charge in [0.25, 0.3) is 13.4 Å². The van der Waals surface area contributed by atoms with Crippen molar-refractivity contribution in [2.75, 3.05) is 14.7 Å². The summed E-state index contributed by atoms with van der Waals surface area (Å²) >= 11 is 0. The minimum absolute atomic E-state index is 0.0827. The number of para-hydroxylation sites is 4. The first-order valence-corrected chi connectivity index (χ1v) is 47.9. The molecular formula is C133H102B2N4O. The molecule has 666 valence electrons. The van der Waals surface area contributed by atoms with Crippen LogP contribution in [0.15, 0.2) is 455 Å². The van der Waals surface area contributed by atoms with E-state index in [4.69, 9.17) is 4.74 Å². The smallest absolute Gasteiger partial charge is 0.256 e. The van der Waals surface area contributed by atoms with Gasteiger partial charge in [0.05, 0.1) is 63.9 Å². The molecule has 20 aromatic carbocycles. The predicted molar refractivity (Wildman–Crippen MR) is 592 cm³/mol. The zero-order valence-electron chi connectivity index (χ0n) is 96.8. The Hall–Kier alpha value is -16.5. The molecule has 1 aliphatic carbocycles. The van der Waals surface area contributed by atoms with Gasteiger partial charge < -0.3 is 24.0 Å². The molecule has 21 aromatic rings. The maximum absolute atomic E-state index is 10.5. The van der Waals surface area contributed by atoms with Crippen molar-refractivity contribution >= 4 is 119 Å². The third kappa shape index (κ3) is 13.1. The molecule has 4 aliphatic heterocycles. The summed E-state index contributed by atoms with van der Waals surface area (Å²) in [5.74, 6) is 0.776. The highest BCUT2D eigenvalue weighted by Crippen LogP contribution is 2.62. The van der Waals surface area contributed by atoms with E-state index < -0.39 is 144 Å². The molecule has 0 N–H and O–H groups in total. The van der Waals surface area contributed by atoms with Gasteiger partial charge in [0.2, 0.25) is 0 Å². The molecule has 1 aromatic heterocycles. The number of hydrogen-bond acceptors (Lipinski definition) is 4. The first-order valence-electron chi connectivity index (χ1n) is 56.9. The van der Waals surface area contributed by atoms with Crippen molar-refractivity contribution in [1.29, 1.82) is 0 Å². The van der Waals surface area contributed by atoms with Crippen LogP contribution in [-0.4, -0.2) is 18.0 Å². The summed E-state index contributed by atoms with van der Waals surface area (Å²) in [6.07, 6.45) is 0. The topological polar surface area (TPSA) is 23.9 Å². The Morgan fingerprint density at radius 1 is 0.257 bits per heavy atom. The molecule has 0 saturated heterocycles. The molecule has 5 heterocycles. The molecule has 0 unspecified atom stereocenters. The van der Waals surface area contributed by atoms with Gasteiger partial charge >= 0.3 is 0 Å². The zero-order valence-corrected chi connectivity index (χ0v) is 78.8. The summed E-state index contributed by atoms with van der Waals surface area (Å²) in [7, 11) is 0. The van der Waals surface area contributed by atoms with Crippen LogP contribution >= 0.6 is 0 Å². The number of benzene rings is 20. The highest BCUT2D eigenvalue weighted by atomic mass is 16.5. The fourth-order valence-corrected chi connectivity index (χ4v) is 22.9.